The molecule has 0 saturated carbocycles. The van der Waals surface area contributed by atoms with Crippen LogP contribution in [0.1, 0.15) is 29.5 Å². The standard InChI is InChI=1S/C27H24ClF3N2O4/c1-15(20-10-8-18(13-21(20)28)17-6-4-16(5-7-17)12-24(34)35)26(37,27(29,30)31)19-9-11-22-23(14-19)33(3)25(36)32(22)2/h4-11,13-15,37H,12H2,1-3H3,(H,34,35)/t15-,26-/m1/s1. The van der Waals surface area contributed by atoms with Crippen LogP contribution in [-0.4, -0.2) is 31.5 Å². The van der Waals surface area contributed by atoms with E-state index in [-0.39, 0.29) is 22.5 Å². The summed E-state index contributed by atoms with van der Waals surface area (Å²) in [5.74, 6) is -2.45. The third kappa shape index (κ3) is 4.53. The number of hydrogen-bond donors (Lipinski definition) is 2. The topological polar surface area (TPSA) is 84.5 Å². The minimum Gasteiger partial charge on any atom is -0.481 e. The summed E-state index contributed by atoms with van der Waals surface area (Å²) in [4.78, 5) is 23.1. The maximum absolute atomic E-state index is 14.5. The van der Waals surface area contributed by atoms with Crippen LogP contribution in [-0.2, 0) is 30.9 Å². The van der Waals surface area contributed by atoms with E-state index < -0.39 is 34.9 Å². The van der Waals surface area contributed by atoms with Crippen LogP contribution in [0.25, 0.3) is 22.2 Å². The van der Waals surface area contributed by atoms with Crippen LogP contribution in [0.4, 0.5) is 13.2 Å². The lowest BCUT2D eigenvalue weighted by Crippen LogP contribution is -2.46. The Labute approximate surface area is 215 Å². The van der Waals surface area contributed by atoms with E-state index in [1.807, 2.05) is 0 Å². The molecule has 4 rings (SSSR count). The molecule has 0 bridgehead atoms. The minimum absolute atomic E-state index is 0.0375. The molecule has 0 aliphatic carbocycles. The van der Waals surface area contributed by atoms with E-state index >= 15 is 0 Å². The summed E-state index contributed by atoms with van der Waals surface area (Å²) in [7, 11) is 2.97. The molecule has 10 heteroatoms. The van der Waals surface area contributed by atoms with Gasteiger partial charge >= 0.3 is 17.8 Å². The molecule has 0 aliphatic heterocycles. The molecule has 0 unspecified atom stereocenters. The molecule has 1 heterocycles. The van der Waals surface area contributed by atoms with Crippen molar-refractivity contribution in [3.8, 4) is 11.1 Å². The number of aryl methyl sites for hydroxylation is 2. The van der Waals surface area contributed by atoms with Gasteiger partial charge in [-0.2, -0.15) is 13.2 Å². The largest absolute Gasteiger partial charge is 0.481 e. The van der Waals surface area contributed by atoms with Gasteiger partial charge in [-0.3, -0.25) is 13.9 Å². The lowest BCUT2D eigenvalue weighted by molar-refractivity contribution is -0.274. The van der Waals surface area contributed by atoms with Gasteiger partial charge in [0.1, 0.15) is 0 Å². The second-order valence-corrected chi connectivity index (χ2v) is 9.50. The molecule has 4 aromatic rings. The van der Waals surface area contributed by atoms with Gasteiger partial charge in [-0.1, -0.05) is 61.0 Å². The Kier molecular flexibility index (Phi) is 6.73. The number of imidazole rings is 1. The van der Waals surface area contributed by atoms with Gasteiger partial charge in [0.05, 0.1) is 17.5 Å². The van der Waals surface area contributed by atoms with Gasteiger partial charge in [-0.05, 0) is 46.0 Å². The molecule has 0 spiro atoms. The fourth-order valence-electron chi connectivity index (χ4n) is 4.68. The Morgan fingerprint density at radius 3 is 2.11 bits per heavy atom. The summed E-state index contributed by atoms with van der Waals surface area (Å²) in [5.41, 5.74) is -1.38. The highest BCUT2D eigenvalue weighted by molar-refractivity contribution is 6.31. The molecule has 3 aromatic carbocycles. The smallest absolute Gasteiger partial charge is 0.422 e. The Balaban J connectivity index is 1.76. The number of aromatic nitrogens is 2. The average molecular weight is 533 g/mol. The first kappa shape index (κ1) is 26.5. The van der Waals surface area contributed by atoms with Gasteiger partial charge in [0.25, 0.3) is 0 Å². The summed E-state index contributed by atoms with van der Waals surface area (Å²) >= 11 is 6.46. The maximum Gasteiger partial charge on any atom is 0.422 e. The van der Waals surface area contributed by atoms with Crippen molar-refractivity contribution in [3.05, 3.63) is 92.9 Å². The summed E-state index contributed by atoms with van der Waals surface area (Å²) < 4.78 is 46.1. The molecule has 194 valence electrons. The molecule has 0 saturated heterocycles. The van der Waals surface area contributed by atoms with Crippen molar-refractivity contribution in [2.45, 2.75) is 31.0 Å². The van der Waals surface area contributed by atoms with Crippen molar-refractivity contribution in [3.63, 3.8) is 0 Å². The zero-order chi connectivity index (χ0) is 27.3. The molecule has 2 N–H and O–H groups in total. The number of benzene rings is 3. The van der Waals surface area contributed by atoms with Gasteiger partial charge < -0.3 is 10.2 Å². The van der Waals surface area contributed by atoms with Gasteiger partial charge in [-0.25, -0.2) is 4.79 Å². The monoisotopic (exact) mass is 532 g/mol. The van der Waals surface area contributed by atoms with Crippen LogP contribution in [0.2, 0.25) is 5.02 Å². The van der Waals surface area contributed by atoms with E-state index in [0.29, 0.717) is 22.2 Å². The number of carboxylic acids is 1. The van der Waals surface area contributed by atoms with E-state index in [1.54, 1.807) is 30.3 Å². The van der Waals surface area contributed by atoms with E-state index in [9.17, 15) is 27.9 Å². The summed E-state index contributed by atoms with van der Waals surface area (Å²) in [6.07, 6.45) is -5.19. The Morgan fingerprint density at radius 1 is 0.946 bits per heavy atom. The first-order valence-corrected chi connectivity index (χ1v) is 11.7. The number of alkyl halides is 3. The number of hydrogen-bond acceptors (Lipinski definition) is 3. The number of halogens is 4. The quantitative estimate of drug-likeness (QED) is 0.349. The van der Waals surface area contributed by atoms with Crippen LogP contribution in [0.5, 0.6) is 0 Å². The van der Waals surface area contributed by atoms with E-state index in [1.165, 1.54) is 60.5 Å². The highest BCUT2D eigenvalue weighted by Crippen LogP contribution is 2.50. The highest BCUT2D eigenvalue weighted by Gasteiger charge is 2.59. The fourth-order valence-corrected chi connectivity index (χ4v) is 5.02. The molecule has 0 radical (unpaired) electrons. The number of aliphatic carboxylic acids is 1. The van der Waals surface area contributed by atoms with Crippen LogP contribution in [0.15, 0.2) is 65.5 Å². The number of aliphatic hydroxyl groups is 1. The highest BCUT2D eigenvalue weighted by atomic mass is 35.5. The molecular formula is C27H24ClF3N2O4. The Morgan fingerprint density at radius 2 is 1.54 bits per heavy atom. The van der Waals surface area contributed by atoms with Crippen molar-refractivity contribution in [1.29, 1.82) is 0 Å². The van der Waals surface area contributed by atoms with Gasteiger partial charge in [0.2, 0.25) is 0 Å². The van der Waals surface area contributed by atoms with E-state index in [4.69, 9.17) is 16.7 Å². The predicted octanol–water partition coefficient (Wildman–Crippen LogP) is 5.38. The Hall–Kier alpha value is -3.56. The summed E-state index contributed by atoms with van der Waals surface area (Å²) in [5, 5.41) is 20.2. The lowest BCUT2D eigenvalue weighted by Gasteiger charge is -2.37. The number of carbonyl (C=O) groups is 1. The first-order chi connectivity index (χ1) is 17.3. The Bertz CT molecular complexity index is 1560. The van der Waals surface area contributed by atoms with E-state index in [2.05, 4.69) is 0 Å². The van der Waals surface area contributed by atoms with Gasteiger partial charge in [0.15, 0.2) is 5.60 Å². The van der Waals surface area contributed by atoms with Crippen LogP contribution < -0.4 is 5.69 Å². The lowest BCUT2D eigenvalue weighted by atomic mass is 9.77. The van der Waals surface area contributed by atoms with E-state index in [0.717, 1.165) is 0 Å². The minimum atomic E-state index is -5.06. The van der Waals surface area contributed by atoms with Crippen molar-refractivity contribution < 1.29 is 28.2 Å². The van der Waals surface area contributed by atoms with Gasteiger partial charge in [0, 0.05) is 25.0 Å². The molecule has 6 nitrogen and oxygen atoms in total. The number of rotatable bonds is 6. The number of nitrogens with zero attached hydrogens (tertiary/aromatic N) is 2. The molecular weight excluding hydrogens is 509 g/mol. The van der Waals surface area contributed by atoms with Crippen molar-refractivity contribution in [2.75, 3.05) is 0 Å². The zero-order valence-corrected chi connectivity index (χ0v) is 20.9. The normalized spacial score (nSPS) is 14.5. The molecule has 0 fully saturated rings. The fraction of sp³-hybridized carbons (Fsp3) is 0.259. The number of carboxylic acid groups (broad SMARTS) is 1. The SMILES string of the molecule is C[C@H](c1ccc(-c2ccc(CC(=O)O)cc2)cc1Cl)[C@@](O)(c1ccc2c(c1)n(C)c(=O)n2C)C(F)(F)F. The molecule has 0 amide bonds. The molecule has 0 aliphatic rings. The third-order valence-corrected chi connectivity index (χ3v) is 7.21. The molecule has 1 aromatic heterocycles. The van der Waals surface area contributed by atoms with Crippen molar-refractivity contribution in [2.24, 2.45) is 14.1 Å². The van der Waals surface area contributed by atoms with Crippen molar-refractivity contribution in [1.82, 2.24) is 9.13 Å². The van der Waals surface area contributed by atoms with Crippen LogP contribution in [0.3, 0.4) is 0 Å². The summed E-state index contributed by atoms with van der Waals surface area (Å²) in [6.45, 7) is 1.25. The predicted molar refractivity (Wildman–Crippen MR) is 135 cm³/mol. The van der Waals surface area contributed by atoms with Crippen molar-refractivity contribution >= 4 is 28.6 Å². The zero-order valence-electron chi connectivity index (χ0n) is 20.2. The second kappa shape index (κ2) is 9.39. The third-order valence-electron chi connectivity index (χ3n) is 6.88. The molecule has 2 atom stereocenters. The summed E-state index contributed by atoms with van der Waals surface area (Å²) in [6, 6.07) is 15.0. The molecule has 37 heavy (non-hydrogen) atoms. The average Bonchev–Trinajstić information content (AvgIpc) is 3.06. The number of fused-ring (bicyclic) bond motifs is 1. The van der Waals surface area contributed by atoms with Crippen LogP contribution >= 0.6 is 11.6 Å². The van der Waals surface area contributed by atoms with Crippen LogP contribution in [0, 0.1) is 0 Å². The maximum atomic E-state index is 14.5. The second-order valence-electron chi connectivity index (χ2n) is 9.09. The van der Waals surface area contributed by atoms with Gasteiger partial charge in [-0.15, -0.1) is 0 Å². The first-order valence-electron chi connectivity index (χ1n) is 11.3.